The monoisotopic (exact) mass is 298 g/mol. The highest BCUT2D eigenvalue weighted by Crippen LogP contribution is 2.28. The van der Waals surface area contributed by atoms with E-state index in [2.05, 4.69) is 30.1 Å². The molecule has 3 nitrogen and oxygen atoms in total. The van der Waals surface area contributed by atoms with Crippen molar-refractivity contribution in [3.63, 3.8) is 0 Å². The van der Waals surface area contributed by atoms with E-state index >= 15 is 0 Å². The molecule has 1 rings (SSSR count). The molecule has 0 bridgehead atoms. The number of halogens is 1. The molecule has 0 aliphatic rings. The summed E-state index contributed by atoms with van der Waals surface area (Å²) < 4.78 is 5.06. The highest BCUT2D eigenvalue weighted by Gasteiger charge is 2.12. The van der Waals surface area contributed by atoms with Gasteiger partial charge in [0, 0.05) is 49.6 Å². The Morgan fingerprint density at radius 3 is 2.50 bits per heavy atom. The first kappa shape index (κ1) is 17.3. The molecular formula is C16H27ClN2O. The molecule has 0 spiro atoms. The topological polar surface area (TPSA) is 24.5 Å². The first-order valence-corrected chi connectivity index (χ1v) is 7.84. The van der Waals surface area contributed by atoms with Crippen LogP contribution in [-0.2, 0) is 11.3 Å². The SMILES string of the molecule is CCCN(CCC)c1cccc(Cl)c1CNCCOC. The Bertz CT molecular complexity index is 379. The van der Waals surface area contributed by atoms with Gasteiger partial charge >= 0.3 is 0 Å². The Kier molecular flexibility index (Phi) is 8.67. The molecule has 0 saturated carbocycles. The van der Waals surface area contributed by atoms with Gasteiger partial charge in [-0.25, -0.2) is 0 Å². The van der Waals surface area contributed by atoms with Crippen LogP contribution in [0, 0.1) is 0 Å². The van der Waals surface area contributed by atoms with Gasteiger partial charge < -0.3 is 15.0 Å². The van der Waals surface area contributed by atoms with Gasteiger partial charge in [-0.05, 0) is 25.0 Å². The van der Waals surface area contributed by atoms with Crippen LogP contribution in [0.5, 0.6) is 0 Å². The van der Waals surface area contributed by atoms with E-state index in [1.807, 2.05) is 12.1 Å². The van der Waals surface area contributed by atoms with Gasteiger partial charge in [-0.15, -0.1) is 0 Å². The lowest BCUT2D eigenvalue weighted by molar-refractivity contribution is 0.199. The van der Waals surface area contributed by atoms with Crippen LogP contribution in [0.2, 0.25) is 5.02 Å². The molecule has 0 unspecified atom stereocenters. The average Bonchev–Trinajstić information content (AvgIpc) is 2.44. The molecule has 20 heavy (non-hydrogen) atoms. The van der Waals surface area contributed by atoms with E-state index in [1.54, 1.807) is 7.11 Å². The van der Waals surface area contributed by atoms with Gasteiger partial charge in [-0.2, -0.15) is 0 Å². The summed E-state index contributed by atoms with van der Waals surface area (Å²) in [6.45, 7) is 8.89. The normalized spacial score (nSPS) is 10.8. The van der Waals surface area contributed by atoms with E-state index in [1.165, 1.54) is 11.3 Å². The molecule has 0 aliphatic heterocycles. The summed E-state index contributed by atoms with van der Waals surface area (Å²) in [4.78, 5) is 2.43. The third kappa shape index (κ3) is 5.31. The van der Waals surface area contributed by atoms with Gasteiger partial charge in [-0.1, -0.05) is 31.5 Å². The van der Waals surface area contributed by atoms with Crippen molar-refractivity contribution in [3.05, 3.63) is 28.8 Å². The predicted molar refractivity (Wildman–Crippen MR) is 87.8 cm³/mol. The first-order chi connectivity index (χ1) is 9.74. The number of benzene rings is 1. The van der Waals surface area contributed by atoms with Crippen LogP contribution in [0.3, 0.4) is 0 Å². The number of ether oxygens (including phenoxy) is 1. The fourth-order valence-corrected chi connectivity index (χ4v) is 2.54. The van der Waals surface area contributed by atoms with Gasteiger partial charge in [0.1, 0.15) is 0 Å². The number of hydrogen-bond donors (Lipinski definition) is 1. The van der Waals surface area contributed by atoms with Crippen molar-refractivity contribution < 1.29 is 4.74 Å². The molecular weight excluding hydrogens is 272 g/mol. The van der Waals surface area contributed by atoms with Crippen molar-refractivity contribution in [2.75, 3.05) is 38.3 Å². The highest BCUT2D eigenvalue weighted by atomic mass is 35.5. The Balaban J connectivity index is 2.84. The van der Waals surface area contributed by atoms with Crippen molar-refractivity contribution in [2.45, 2.75) is 33.2 Å². The quantitative estimate of drug-likeness (QED) is 0.667. The number of methoxy groups -OCH3 is 1. The van der Waals surface area contributed by atoms with E-state index in [4.69, 9.17) is 16.3 Å². The maximum absolute atomic E-state index is 6.39. The zero-order valence-corrected chi connectivity index (χ0v) is 13.7. The summed E-state index contributed by atoms with van der Waals surface area (Å²) in [5, 5.41) is 4.22. The molecule has 0 amide bonds. The smallest absolute Gasteiger partial charge is 0.0587 e. The zero-order chi connectivity index (χ0) is 14.8. The van der Waals surface area contributed by atoms with Gasteiger partial charge in [0.2, 0.25) is 0 Å². The second-order valence-electron chi connectivity index (χ2n) is 4.89. The molecule has 4 heteroatoms. The maximum Gasteiger partial charge on any atom is 0.0587 e. The third-order valence-corrected chi connectivity index (χ3v) is 3.56. The molecule has 114 valence electrons. The van der Waals surface area contributed by atoms with Crippen LogP contribution >= 0.6 is 11.6 Å². The van der Waals surface area contributed by atoms with Crippen LogP contribution in [0.1, 0.15) is 32.3 Å². The Labute approximate surface area is 128 Å². The minimum atomic E-state index is 0.716. The molecule has 0 radical (unpaired) electrons. The van der Waals surface area contributed by atoms with Gasteiger partial charge in [0.05, 0.1) is 6.61 Å². The Morgan fingerprint density at radius 2 is 1.90 bits per heavy atom. The summed E-state index contributed by atoms with van der Waals surface area (Å²) in [6, 6.07) is 6.17. The molecule has 0 aliphatic carbocycles. The summed E-state index contributed by atoms with van der Waals surface area (Å²) >= 11 is 6.39. The fraction of sp³-hybridized carbons (Fsp3) is 0.625. The van der Waals surface area contributed by atoms with Gasteiger partial charge in [0.15, 0.2) is 0 Å². The summed E-state index contributed by atoms with van der Waals surface area (Å²) in [5.41, 5.74) is 2.44. The van der Waals surface area contributed by atoms with E-state index in [0.29, 0.717) is 6.61 Å². The average molecular weight is 299 g/mol. The summed E-state index contributed by atoms with van der Waals surface area (Å²) in [5.74, 6) is 0. The van der Waals surface area contributed by atoms with E-state index in [-0.39, 0.29) is 0 Å². The van der Waals surface area contributed by atoms with Crippen LogP contribution in [0.25, 0.3) is 0 Å². The lowest BCUT2D eigenvalue weighted by Gasteiger charge is -2.27. The Morgan fingerprint density at radius 1 is 1.20 bits per heavy atom. The van der Waals surface area contributed by atoms with Gasteiger partial charge in [0.25, 0.3) is 0 Å². The molecule has 0 fully saturated rings. The number of nitrogens with zero attached hydrogens (tertiary/aromatic N) is 1. The van der Waals surface area contributed by atoms with Crippen molar-refractivity contribution in [2.24, 2.45) is 0 Å². The maximum atomic E-state index is 6.39. The molecule has 1 N–H and O–H groups in total. The molecule has 0 heterocycles. The molecule has 0 atom stereocenters. The first-order valence-electron chi connectivity index (χ1n) is 7.46. The number of rotatable bonds is 10. The zero-order valence-electron chi connectivity index (χ0n) is 12.9. The lowest BCUT2D eigenvalue weighted by Crippen LogP contribution is -2.27. The van der Waals surface area contributed by atoms with E-state index in [0.717, 1.165) is 44.0 Å². The van der Waals surface area contributed by atoms with Crippen LogP contribution in [0.4, 0.5) is 5.69 Å². The van der Waals surface area contributed by atoms with Crippen LogP contribution in [0.15, 0.2) is 18.2 Å². The fourth-order valence-electron chi connectivity index (χ4n) is 2.30. The second-order valence-corrected chi connectivity index (χ2v) is 5.30. The van der Waals surface area contributed by atoms with E-state index < -0.39 is 0 Å². The number of hydrogen-bond acceptors (Lipinski definition) is 3. The van der Waals surface area contributed by atoms with Crippen LogP contribution in [-0.4, -0.2) is 33.4 Å². The molecule has 0 aromatic heterocycles. The van der Waals surface area contributed by atoms with E-state index in [9.17, 15) is 0 Å². The molecule has 1 aromatic carbocycles. The van der Waals surface area contributed by atoms with Crippen molar-refractivity contribution in [1.82, 2.24) is 5.32 Å². The third-order valence-electron chi connectivity index (χ3n) is 3.21. The van der Waals surface area contributed by atoms with Crippen molar-refractivity contribution in [1.29, 1.82) is 0 Å². The van der Waals surface area contributed by atoms with Crippen molar-refractivity contribution in [3.8, 4) is 0 Å². The minimum absolute atomic E-state index is 0.716. The number of anilines is 1. The molecule has 1 aromatic rings. The largest absolute Gasteiger partial charge is 0.383 e. The summed E-state index contributed by atoms with van der Waals surface area (Å²) in [6.07, 6.45) is 2.28. The standard InChI is InChI=1S/C16H27ClN2O/c1-4-10-19(11-5-2)16-8-6-7-15(17)14(16)13-18-9-12-20-3/h6-8,18H,4-5,9-13H2,1-3H3. The summed E-state index contributed by atoms with van der Waals surface area (Å²) in [7, 11) is 1.72. The lowest BCUT2D eigenvalue weighted by atomic mass is 10.1. The van der Waals surface area contributed by atoms with Crippen molar-refractivity contribution >= 4 is 17.3 Å². The molecule has 0 saturated heterocycles. The van der Waals surface area contributed by atoms with Gasteiger partial charge in [-0.3, -0.25) is 0 Å². The number of nitrogens with one attached hydrogen (secondary N) is 1. The van der Waals surface area contributed by atoms with Crippen LogP contribution < -0.4 is 10.2 Å². The predicted octanol–water partition coefficient (Wildman–Crippen LogP) is 3.70. The minimum Gasteiger partial charge on any atom is -0.383 e. The highest BCUT2D eigenvalue weighted by molar-refractivity contribution is 6.31. The Hall–Kier alpha value is -0.770. The second kappa shape index (κ2) is 10.0.